The highest BCUT2D eigenvalue weighted by Crippen LogP contribution is 2.41. The van der Waals surface area contributed by atoms with E-state index < -0.39 is 23.6 Å². The Morgan fingerprint density at radius 2 is 1.86 bits per heavy atom. The lowest BCUT2D eigenvalue weighted by atomic mass is 9.87. The minimum absolute atomic E-state index is 0.0159. The van der Waals surface area contributed by atoms with Gasteiger partial charge in [0.1, 0.15) is 11.9 Å². The number of piperidine rings is 1. The first-order chi connectivity index (χ1) is 10.3. The van der Waals surface area contributed by atoms with E-state index in [1.165, 1.54) is 7.11 Å². The lowest BCUT2D eigenvalue weighted by molar-refractivity contribution is -0.147. The summed E-state index contributed by atoms with van der Waals surface area (Å²) in [5, 5.41) is 0. The average molecular weight is 321 g/mol. The minimum Gasteiger partial charge on any atom is -0.494 e. The number of rotatable bonds is 3. The highest BCUT2D eigenvalue weighted by molar-refractivity contribution is 5.73. The number of carbonyl (C=O) groups is 1. The maximum Gasteiger partial charge on any atom is 0.415 e. The van der Waals surface area contributed by atoms with Gasteiger partial charge < -0.3 is 14.4 Å². The molecule has 1 atom stereocenters. The number of nitrogens with zero attached hydrogens (tertiary/aromatic N) is 1. The van der Waals surface area contributed by atoms with Crippen LogP contribution in [0.3, 0.4) is 0 Å². The maximum atomic E-state index is 13.3. The molecule has 0 amide bonds. The van der Waals surface area contributed by atoms with Gasteiger partial charge in [-0.25, -0.2) is 0 Å². The number of likely N-dealkylation sites (tertiary alicyclic amines) is 1. The fraction of sp³-hybridized carbons (Fsp3) is 0.800. The highest BCUT2D eigenvalue weighted by atomic mass is 19.4. The lowest BCUT2D eigenvalue weighted by Crippen LogP contribution is -2.35. The fourth-order valence-electron chi connectivity index (χ4n) is 2.99. The second-order valence-electron chi connectivity index (χ2n) is 5.98. The van der Waals surface area contributed by atoms with E-state index >= 15 is 0 Å². The third kappa shape index (κ3) is 4.15. The molecule has 0 radical (unpaired) electrons. The van der Waals surface area contributed by atoms with Crippen molar-refractivity contribution in [2.75, 3.05) is 27.2 Å². The van der Waals surface area contributed by atoms with E-state index in [9.17, 15) is 18.0 Å². The van der Waals surface area contributed by atoms with Crippen LogP contribution < -0.4 is 0 Å². The molecular weight excluding hydrogens is 299 g/mol. The van der Waals surface area contributed by atoms with Gasteiger partial charge in [-0.05, 0) is 32.7 Å². The van der Waals surface area contributed by atoms with Crippen molar-refractivity contribution in [1.29, 1.82) is 0 Å². The van der Waals surface area contributed by atoms with Gasteiger partial charge in [-0.2, -0.15) is 13.2 Å². The standard InChI is InChI=1S/C15H22F3NO3/c1-19-7-5-11(6-8-19)22-13-4-3-10(14(20)21-2)9-12(13)15(16,17)18/h10-11H,3-9H2,1-2H3. The van der Waals surface area contributed by atoms with Gasteiger partial charge in [-0.1, -0.05) is 0 Å². The van der Waals surface area contributed by atoms with Gasteiger partial charge in [0.25, 0.3) is 0 Å². The normalized spacial score (nSPS) is 25.2. The van der Waals surface area contributed by atoms with Gasteiger partial charge in [-0.15, -0.1) is 0 Å². The third-order valence-corrected chi connectivity index (χ3v) is 4.36. The first-order valence-corrected chi connectivity index (χ1v) is 7.53. The molecule has 2 aliphatic rings. The van der Waals surface area contributed by atoms with Gasteiger partial charge in [0.05, 0.1) is 18.6 Å². The molecule has 1 fully saturated rings. The number of ether oxygens (including phenoxy) is 2. The van der Waals surface area contributed by atoms with Crippen molar-refractivity contribution in [3.05, 3.63) is 11.3 Å². The van der Waals surface area contributed by atoms with Crippen molar-refractivity contribution in [2.24, 2.45) is 5.92 Å². The van der Waals surface area contributed by atoms with E-state index in [4.69, 9.17) is 4.74 Å². The first-order valence-electron chi connectivity index (χ1n) is 7.53. The number of halogens is 3. The van der Waals surface area contributed by atoms with Crippen molar-refractivity contribution in [2.45, 2.75) is 44.4 Å². The predicted octanol–water partition coefficient (Wildman–Crippen LogP) is 2.89. The summed E-state index contributed by atoms with van der Waals surface area (Å²) in [4.78, 5) is 13.6. The summed E-state index contributed by atoms with van der Waals surface area (Å²) >= 11 is 0. The van der Waals surface area contributed by atoms with Crippen LogP contribution in [0.25, 0.3) is 0 Å². The van der Waals surface area contributed by atoms with Crippen LogP contribution in [0.1, 0.15) is 32.1 Å². The largest absolute Gasteiger partial charge is 0.494 e. The number of esters is 1. The zero-order chi connectivity index (χ0) is 16.3. The number of alkyl halides is 3. The summed E-state index contributed by atoms with van der Waals surface area (Å²) in [6.07, 6.45) is -3.05. The molecule has 1 heterocycles. The van der Waals surface area contributed by atoms with Gasteiger partial charge >= 0.3 is 12.1 Å². The molecule has 1 aliphatic carbocycles. The van der Waals surface area contributed by atoms with Crippen LogP contribution in [0.15, 0.2) is 11.3 Å². The highest BCUT2D eigenvalue weighted by Gasteiger charge is 2.43. The first kappa shape index (κ1) is 17.1. The quantitative estimate of drug-likeness (QED) is 0.749. The second-order valence-corrected chi connectivity index (χ2v) is 5.98. The molecule has 0 aromatic carbocycles. The molecule has 0 spiro atoms. The van der Waals surface area contributed by atoms with Crippen molar-refractivity contribution in [3.8, 4) is 0 Å². The van der Waals surface area contributed by atoms with Crippen molar-refractivity contribution in [1.82, 2.24) is 4.90 Å². The molecule has 0 bridgehead atoms. The summed E-state index contributed by atoms with van der Waals surface area (Å²) < 4.78 is 50.0. The molecular formula is C15H22F3NO3. The Bertz CT molecular complexity index is 440. The van der Waals surface area contributed by atoms with Gasteiger partial charge in [0, 0.05) is 19.5 Å². The Balaban J connectivity index is 2.11. The van der Waals surface area contributed by atoms with Crippen LogP contribution in [0, 0.1) is 5.92 Å². The zero-order valence-electron chi connectivity index (χ0n) is 12.9. The molecule has 7 heteroatoms. The summed E-state index contributed by atoms with van der Waals surface area (Å²) in [5.74, 6) is -1.30. The monoisotopic (exact) mass is 321 g/mol. The van der Waals surface area contributed by atoms with Crippen LogP contribution in [0.5, 0.6) is 0 Å². The molecule has 0 N–H and O–H groups in total. The summed E-state index contributed by atoms with van der Waals surface area (Å²) in [6.45, 7) is 1.65. The number of methoxy groups -OCH3 is 1. The molecule has 1 unspecified atom stereocenters. The SMILES string of the molecule is COC(=O)C1CCC(OC2CCN(C)CC2)=C(C(F)(F)F)C1. The summed E-state index contributed by atoms with van der Waals surface area (Å²) in [6, 6.07) is 0. The van der Waals surface area contributed by atoms with E-state index in [1.807, 2.05) is 7.05 Å². The molecule has 2 rings (SSSR count). The molecule has 0 aromatic heterocycles. The summed E-state index contributed by atoms with van der Waals surface area (Å²) in [7, 11) is 3.18. The molecule has 1 saturated heterocycles. The van der Waals surface area contributed by atoms with E-state index in [1.54, 1.807) is 0 Å². The van der Waals surface area contributed by atoms with Gasteiger partial charge in [0.15, 0.2) is 0 Å². The molecule has 0 saturated carbocycles. The topological polar surface area (TPSA) is 38.8 Å². The third-order valence-electron chi connectivity index (χ3n) is 4.36. The van der Waals surface area contributed by atoms with Gasteiger partial charge in [-0.3, -0.25) is 4.79 Å². The number of allylic oxidation sites excluding steroid dienone is 2. The zero-order valence-corrected chi connectivity index (χ0v) is 12.9. The van der Waals surface area contributed by atoms with Crippen LogP contribution in [0.4, 0.5) is 13.2 Å². The minimum atomic E-state index is -4.46. The number of carbonyl (C=O) groups excluding carboxylic acids is 1. The number of hydrogen-bond donors (Lipinski definition) is 0. The van der Waals surface area contributed by atoms with Crippen LogP contribution >= 0.6 is 0 Å². The second kappa shape index (κ2) is 6.89. The van der Waals surface area contributed by atoms with E-state index in [2.05, 4.69) is 9.64 Å². The van der Waals surface area contributed by atoms with Crippen LogP contribution in [0.2, 0.25) is 0 Å². The predicted molar refractivity (Wildman–Crippen MR) is 74.0 cm³/mol. The molecule has 1 aliphatic heterocycles. The van der Waals surface area contributed by atoms with Crippen LogP contribution in [-0.4, -0.2) is 50.4 Å². The van der Waals surface area contributed by atoms with E-state index in [0.717, 1.165) is 25.9 Å². The van der Waals surface area contributed by atoms with Crippen molar-refractivity contribution in [3.63, 3.8) is 0 Å². The summed E-state index contributed by atoms with van der Waals surface area (Å²) in [5.41, 5.74) is -0.701. The maximum absolute atomic E-state index is 13.3. The average Bonchev–Trinajstić information content (AvgIpc) is 2.48. The molecule has 0 aromatic rings. The lowest BCUT2D eigenvalue weighted by Gasteiger charge is -2.33. The van der Waals surface area contributed by atoms with E-state index in [0.29, 0.717) is 6.42 Å². The fourth-order valence-corrected chi connectivity index (χ4v) is 2.99. The van der Waals surface area contributed by atoms with Crippen molar-refractivity contribution >= 4 is 5.97 Å². The number of hydrogen-bond acceptors (Lipinski definition) is 4. The Hall–Kier alpha value is -1.24. The molecule has 4 nitrogen and oxygen atoms in total. The molecule has 126 valence electrons. The smallest absolute Gasteiger partial charge is 0.415 e. The molecule has 22 heavy (non-hydrogen) atoms. The van der Waals surface area contributed by atoms with Gasteiger partial charge in [0.2, 0.25) is 0 Å². The Morgan fingerprint density at radius 3 is 2.41 bits per heavy atom. The Morgan fingerprint density at radius 1 is 1.23 bits per heavy atom. The van der Waals surface area contributed by atoms with Crippen molar-refractivity contribution < 1.29 is 27.4 Å². The van der Waals surface area contributed by atoms with E-state index in [-0.39, 0.29) is 24.7 Å². The Labute approximate surface area is 128 Å². The van der Waals surface area contributed by atoms with Crippen LogP contribution in [-0.2, 0) is 14.3 Å². The Kier molecular flexibility index (Phi) is 5.36.